The Labute approximate surface area is 156 Å². The van der Waals surface area contributed by atoms with E-state index in [1.54, 1.807) is 30.3 Å². The maximum atomic E-state index is 10.9. The fraction of sp³-hybridized carbons (Fsp3) is 0.0952. The van der Waals surface area contributed by atoms with E-state index >= 15 is 0 Å². The van der Waals surface area contributed by atoms with Crippen molar-refractivity contribution in [2.75, 3.05) is 0 Å². The zero-order chi connectivity index (χ0) is 18.7. The number of aromatic nitrogens is 1. The number of imide groups is 1. The lowest BCUT2D eigenvalue weighted by Crippen LogP contribution is -2.19. The molecule has 0 bridgehead atoms. The summed E-state index contributed by atoms with van der Waals surface area (Å²) in [5, 5.41) is 3.99. The third kappa shape index (κ3) is 3.37. The largest absolute Gasteiger partial charge is 0.288 e. The fourth-order valence-electron chi connectivity index (χ4n) is 2.80. The summed E-state index contributed by atoms with van der Waals surface area (Å²) in [7, 11) is 0. The van der Waals surface area contributed by atoms with E-state index in [-0.39, 0.29) is 11.8 Å². The van der Waals surface area contributed by atoms with Crippen LogP contribution >= 0.6 is 11.6 Å². The highest BCUT2D eigenvalue weighted by Gasteiger charge is 2.25. The quantitative estimate of drug-likeness (QED) is 0.672. The van der Waals surface area contributed by atoms with Gasteiger partial charge in [-0.05, 0) is 42.3 Å². The van der Waals surface area contributed by atoms with Crippen molar-refractivity contribution in [1.29, 1.82) is 0 Å². The average Bonchev–Trinajstić information content (AvgIpc) is 2.96. The van der Waals surface area contributed by atoms with Gasteiger partial charge < -0.3 is 0 Å². The molecule has 0 fully saturated rings. The van der Waals surface area contributed by atoms with Crippen LogP contribution in [0.4, 0.5) is 0 Å². The van der Waals surface area contributed by atoms with Crippen LogP contribution in [0.5, 0.6) is 0 Å². The number of fused-ring (bicyclic) bond motifs is 2. The Bertz CT molecular complexity index is 995. The van der Waals surface area contributed by atoms with Crippen molar-refractivity contribution in [2.24, 2.45) is 0 Å². The Hall–Kier alpha value is -2.98. The summed E-state index contributed by atoms with van der Waals surface area (Å²) < 4.78 is 0. The average molecular weight is 365 g/mol. The number of hydrogen-bond donors (Lipinski definition) is 1. The summed E-state index contributed by atoms with van der Waals surface area (Å²) in [5.74, 6) is -0.601. The lowest BCUT2D eigenvalue weighted by molar-refractivity contribution is 0.0879. The zero-order valence-corrected chi connectivity index (χ0v) is 15.0. The number of pyridine rings is 1. The highest BCUT2D eigenvalue weighted by atomic mass is 35.5. The number of nitrogens with one attached hydrogen (secondary N) is 1. The van der Waals surface area contributed by atoms with E-state index in [9.17, 15) is 9.59 Å². The third-order valence-corrected chi connectivity index (χ3v) is 4.43. The number of rotatable bonds is 2. The van der Waals surface area contributed by atoms with Crippen LogP contribution in [0.3, 0.4) is 0 Å². The van der Waals surface area contributed by atoms with E-state index in [4.69, 9.17) is 11.6 Å². The fourth-order valence-corrected chi connectivity index (χ4v) is 3.02. The summed E-state index contributed by atoms with van der Waals surface area (Å²) in [6, 6.07) is 14.7. The molecular weight excluding hydrogens is 348 g/mol. The molecule has 0 unspecified atom stereocenters. The molecule has 4 rings (SSSR count). The number of amides is 2. The van der Waals surface area contributed by atoms with Crippen LogP contribution in [-0.2, 0) is 6.42 Å². The minimum Gasteiger partial charge on any atom is -0.288 e. The van der Waals surface area contributed by atoms with Crippen LogP contribution in [0.25, 0.3) is 17.0 Å². The Morgan fingerprint density at radius 3 is 2.31 bits per heavy atom. The molecule has 0 radical (unpaired) electrons. The molecule has 2 aromatic carbocycles. The summed E-state index contributed by atoms with van der Waals surface area (Å²) in [6.07, 6.45) is 2.73. The van der Waals surface area contributed by atoms with Crippen molar-refractivity contribution in [3.8, 4) is 0 Å². The van der Waals surface area contributed by atoms with E-state index in [0.717, 1.165) is 23.0 Å². The molecule has 1 aliphatic rings. The summed E-state index contributed by atoms with van der Waals surface area (Å²) in [6.45, 7) is 5.88. The maximum Gasteiger partial charge on any atom is 0.258 e. The predicted molar refractivity (Wildman–Crippen MR) is 104 cm³/mol. The first kappa shape index (κ1) is 17.8. The Morgan fingerprint density at radius 1 is 1.08 bits per heavy atom. The first-order valence-corrected chi connectivity index (χ1v) is 8.58. The molecule has 0 atom stereocenters. The number of halogens is 1. The van der Waals surface area contributed by atoms with Crippen molar-refractivity contribution in [3.05, 3.63) is 82.5 Å². The Balaban J connectivity index is 0.000000158. The zero-order valence-electron chi connectivity index (χ0n) is 14.3. The molecule has 130 valence electrons. The molecule has 1 aromatic heterocycles. The van der Waals surface area contributed by atoms with Gasteiger partial charge in [0.2, 0.25) is 0 Å². The molecule has 1 N–H and O–H groups in total. The van der Waals surface area contributed by atoms with E-state index in [1.165, 1.54) is 5.56 Å². The molecule has 0 spiro atoms. The van der Waals surface area contributed by atoms with Gasteiger partial charge in [-0.1, -0.05) is 49.4 Å². The van der Waals surface area contributed by atoms with Crippen LogP contribution in [0.15, 0.2) is 55.1 Å². The molecule has 0 saturated carbocycles. The molecule has 0 aliphatic carbocycles. The van der Waals surface area contributed by atoms with Gasteiger partial charge in [0.1, 0.15) is 0 Å². The smallest absolute Gasteiger partial charge is 0.258 e. The second-order valence-corrected chi connectivity index (χ2v) is 6.14. The van der Waals surface area contributed by atoms with Gasteiger partial charge in [-0.25, -0.2) is 4.98 Å². The highest BCUT2D eigenvalue weighted by Crippen LogP contribution is 2.24. The van der Waals surface area contributed by atoms with Crippen molar-refractivity contribution in [1.82, 2.24) is 10.3 Å². The van der Waals surface area contributed by atoms with E-state index in [2.05, 4.69) is 29.9 Å². The second-order valence-electron chi connectivity index (χ2n) is 5.73. The molecule has 5 heteroatoms. The number of aryl methyl sites for hydroxylation is 1. The van der Waals surface area contributed by atoms with Gasteiger partial charge in [0.15, 0.2) is 0 Å². The molecule has 2 amide bonds. The van der Waals surface area contributed by atoms with Gasteiger partial charge in [-0.2, -0.15) is 0 Å². The minimum atomic E-state index is -0.300. The normalized spacial score (nSPS) is 12.2. The lowest BCUT2D eigenvalue weighted by Gasteiger charge is -2.06. The van der Waals surface area contributed by atoms with E-state index < -0.39 is 0 Å². The van der Waals surface area contributed by atoms with Crippen LogP contribution in [0.1, 0.15) is 38.9 Å². The predicted octanol–water partition coefficient (Wildman–Crippen LogP) is 4.66. The van der Waals surface area contributed by atoms with Crippen LogP contribution in [0, 0.1) is 0 Å². The van der Waals surface area contributed by atoms with Gasteiger partial charge in [0.05, 0.1) is 27.4 Å². The summed E-state index contributed by atoms with van der Waals surface area (Å²) in [4.78, 5) is 26.4. The Kier molecular flexibility index (Phi) is 5.14. The number of para-hydroxylation sites is 1. The number of carbonyl (C=O) groups is 2. The minimum absolute atomic E-state index is 0.300. The topological polar surface area (TPSA) is 59.1 Å². The number of hydrogen-bond acceptors (Lipinski definition) is 3. The third-order valence-electron chi connectivity index (χ3n) is 4.13. The molecule has 26 heavy (non-hydrogen) atoms. The first-order valence-electron chi connectivity index (χ1n) is 8.20. The van der Waals surface area contributed by atoms with E-state index in [1.807, 2.05) is 18.2 Å². The molecule has 2 heterocycles. The van der Waals surface area contributed by atoms with Crippen LogP contribution in [-0.4, -0.2) is 16.8 Å². The molecule has 1 aliphatic heterocycles. The van der Waals surface area contributed by atoms with Crippen molar-refractivity contribution in [2.45, 2.75) is 13.3 Å². The summed E-state index contributed by atoms with van der Waals surface area (Å²) >= 11 is 6.08. The molecule has 3 aromatic rings. The van der Waals surface area contributed by atoms with Crippen LogP contribution in [0.2, 0.25) is 5.02 Å². The summed E-state index contributed by atoms with van der Waals surface area (Å²) in [5.41, 5.74) is 3.93. The molecular formula is C21H17ClN2O2. The highest BCUT2D eigenvalue weighted by molar-refractivity contribution is 6.35. The number of carbonyl (C=O) groups excluding carboxylic acids is 2. The van der Waals surface area contributed by atoms with Gasteiger partial charge in [-0.3, -0.25) is 14.9 Å². The molecule has 0 saturated heterocycles. The number of nitrogens with zero attached hydrogens (tertiary/aromatic N) is 1. The van der Waals surface area contributed by atoms with Gasteiger partial charge in [0.25, 0.3) is 11.8 Å². The first-order chi connectivity index (χ1) is 12.5. The van der Waals surface area contributed by atoms with Crippen molar-refractivity contribution in [3.63, 3.8) is 0 Å². The van der Waals surface area contributed by atoms with Gasteiger partial charge in [0, 0.05) is 5.39 Å². The van der Waals surface area contributed by atoms with Crippen molar-refractivity contribution >= 4 is 40.4 Å². The van der Waals surface area contributed by atoms with Gasteiger partial charge >= 0.3 is 0 Å². The lowest BCUT2D eigenvalue weighted by atomic mass is 10.1. The number of benzene rings is 2. The SMILES string of the molecule is C=Cc1nc2c(Cl)cccc2cc1CC.O=C1NC(=O)c2ccccc21. The Morgan fingerprint density at radius 2 is 1.73 bits per heavy atom. The van der Waals surface area contributed by atoms with E-state index in [0.29, 0.717) is 16.1 Å². The van der Waals surface area contributed by atoms with Gasteiger partial charge in [-0.15, -0.1) is 0 Å². The van der Waals surface area contributed by atoms with Crippen molar-refractivity contribution < 1.29 is 9.59 Å². The molecule has 4 nitrogen and oxygen atoms in total. The maximum absolute atomic E-state index is 10.9. The van der Waals surface area contributed by atoms with Crippen LogP contribution < -0.4 is 5.32 Å². The second kappa shape index (κ2) is 7.50. The monoisotopic (exact) mass is 364 g/mol. The standard InChI is InChI=1S/C13H12ClN.C8H5NO2/c1-3-9-8-10-6-5-7-11(14)13(10)15-12(9)4-2;10-7-5-3-1-2-4-6(5)8(11)9-7/h4-8H,2-3H2,1H3;1-4H,(H,9,10,11).